The summed E-state index contributed by atoms with van der Waals surface area (Å²) in [6.45, 7) is -2.52. The lowest BCUT2D eigenvalue weighted by Crippen LogP contribution is -2.65. The van der Waals surface area contributed by atoms with Gasteiger partial charge in [-0.2, -0.15) is 0 Å². The van der Waals surface area contributed by atoms with Gasteiger partial charge in [0.05, 0.1) is 56.2 Å². The average Bonchev–Trinajstić information content (AvgIpc) is 3.46. The van der Waals surface area contributed by atoms with Gasteiger partial charge in [0, 0.05) is 29.5 Å². The second-order valence-corrected chi connectivity index (χ2v) is 12.1. The predicted octanol–water partition coefficient (Wildman–Crippen LogP) is 0.489. The molecule has 32 heteroatoms. The Kier molecular flexibility index (Phi) is 15.0. The Balaban J connectivity index is 1.68. The second-order valence-electron chi connectivity index (χ2n) is 12.1. The molecular formula is C23H32F2N18O12. The zero-order valence-electron chi connectivity index (χ0n) is 27.7. The van der Waals surface area contributed by atoms with Crippen molar-refractivity contribution >= 4 is 0 Å². The van der Waals surface area contributed by atoms with Gasteiger partial charge in [0.1, 0.15) is 54.8 Å². The summed E-state index contributed by atoms with van der Waals surface area (Å²) in [4.78, 5) is 15.3. The zero-order chi connectivity index (χ0) is 40.4. The molecule has 2 unspecified atom stereocenters. The molecule has 3 saturated heterocycles. The lowest BCUT2D eigenvalue weighted by Gasteiger charge is -2.47. The minimum absolute atomic E-state index is 0.482. The van der Waals surface area contributed by atoms with Crippen molar-refractivity contribution in [2.75, 3.05) is 19.7 Å². The first kappa shape index (κ1) is 43.0. The van der Waals surface area contributed by atoms with Gasteiger partial charge in [0.2, 0.25) is 0 Å². The number of ether oxygens (including phenoxy) is 6. The minimum Gasteiger partial charge on any atom is -0.394 e. The van der Waals surface area contributed by atoms with E-state index in [9.17, 15) is 36.2 Å². The van der Waals surface area contributed by atoms with E-state index < -0.39 is 142 Å². The van der Waals surface area contributed by atoms with Gasteiger partial charge in [-0.3, -0.25) is 0 Å². The molecule has 30 nitrogen and oxygen atoms in total. The van der Waals surface area contributed by atoms with E-state index in [0.29, 0.717) is 0 Å². The van der Waals surface area contributed by atoms with Gasteiger partial charge in [-0.25, -0.2) is 8.78 Å². The van der Waals surface area contributed by atoms with Gasteiger partial charge in [-0.1, -0.05) is 30.7 Å². The Morgan fingerprint density at radius 2 is 1.13 bits per heavy atom. The van der Waals surface area contributed by atoms with Crippen molar-refractivity contribution < 1.29 is 67.8 Å². The summed E-state index contributed by atoms with van der Waals surface area (Å²) in [5, 5.41) is 84.2. The van der Waals surface area contributed by atoms with Gasteiger partial charge in [0.15, 0.2) is 18.9 Å². The minimum atomic E-state index is -4.18. The Morgan fingerprint density at radius 3 is 1.75 bits per heavy atom. The van der Waals surface area contributed by atoms with Crippen LogP contribution in [0.15, 0.2) is 30.7 Å². The number of hydrogen-bond donors (Lipinski definition) is 6. The van der Waals surface area contributed by atoms with Crippen LogP contribution < -0.4 is 0 Å². The zero-order valence-corrected chi connectivity index (χ0v) is 27.7. The molecule has 0 amide bonds. The molecule has 0 aromatic carbocycles. The Labute approximate surface area is 303 Å². The quantitative estimate of drug-likeness (QED) is 0.0750. The molecule has 0 aromatic rings. The number of alkyl halides is 2. The van der Waals surface area contributed by atoms with E-state index in [2.05, 4.69) is 60.2 Å². The van der Waals surface area contributed by atoms with Crippen molar-refractivity contribution in [2.45, 2.75) is 123 Å². The highest BCUT2D eigenvalue weighted by molar-refractivity contribution is 5.05. The number of hydrogen-bond acceptors (Lipinski definition) is 18. The summed E-state index contributed by atoms with van der Waals surface area (Å²) in [5.41, 5.74) is 54.0. The van der Waals surface area contributed by atoms with Crippen molar-refractivity contribution in [3.63, 3.8) is 0 Å². The lowest BCUT2D eigenvalue weighted by molar-refractivity contribution is -0.333. The maximum atomic E-state index is 15.0. The summed E-state index contributed by atoms with van der Waals surface area (Å²) < 4.78 is 64.0. The van der Waals surface area contributed by atoms with E-state index in [-0.39, 0.29) is 0 Å². The largest absolute Gasteiger partial charge is 0.394 e. The van der Waals surface area contributed by atoms with E-state index in [1.54, 1.807) is 0 Å². The third-order valence-electron chi connectivity index (χ3n) is 9.06. The molecule has 4 aliphatic rings. The van der Waals surface area contributed by atoms with E-state index in [0.717, 1.165) is 0 Å². The van der Waals surface area contributed by atoms with Crippen LogP contribution >= 0.6 is 0 Å². The molecule has 18 atom stereocenters. The fourth-order valence-corrected chi connectivity index (χ4v) is 6.38. The van der Waals surface area contributed by atoms with Crippen LogP contribution in [0.25, 0.3) is 62.7 Å². The van der Waals surface area contributed by atoms with Crippen LogP contribution in [-0.4, -0.2) is 166 Å². The van der Waals surface area contributed by atoms with Crippen molar-refractivity contribution in [1.82, 2.24) is 0 Å². The lowest BCUT2D eigenvalue weighted by atomic mass is 9.84. The molecule has 0 aromatic heterocycles. The van der Waals surface area contributed by atoms with Crippen LogP contribution in [0.2, 0.25) is 0 Å². The number of halogens is 2. The van der Waals surface area contributed by atoms with Crippen LogP contribution in [-0.2, 0) is 28.4 Å². The molecule has 300 valence electrons. The first-order chi connectivity index (χ1) is 26.3. The fraction of sp³-hybridized carbons (Fsp3) is 1.00. The van der Waals surface area contributed by atoms with Crippen molar-refractivity contribution in [3.8, 4) is 0 Å². The van der Waals surface area contributed by atoms with E-state index >= 15 is 8.78 Å². The summed E-state index contributed by atoms with van der Waals surface area (Å²) in [5.74, 6) is -4.18. The third-order valence-corrected chi connectivity index (χ3v) is 9.06. The summed E-state index contributed by atoms with van der Waals surface area (Å²) in [6, 6.07) is -6.91. The maximum absolute atomic E-state index is 15.0. The van der Waals surface area contributed by atoms with Gasteiger partial charge in [-0.05, 0) is 39.6 Å². The van der Waals surface area contributed by atoms with E-state index in [4.69, 9.17) is 56.1 Å². The second kappa shape index (κ2) is 19.2. The van der Waals surface area contributed by atoms with E-state index in [1.807, 2.05) is 0 Å². The van der Waals surface area contributed by atoms with Gasteiger partial charge in [-0.15, -0.1) is 0 Å². The van der Waals surface area contributed by atoms with Crippen LogP contribution in [0.3, 0.4) is 0 Å². The Hall–Kier alpha value is -4.76. The number of nitrogens with zero attached hydrogens (tertiary/aromatic N) is 18. The highest BCUT2D eigenvalue weighted by Gasteiger charge is 2.60. The fourth-order valence-electron chi connectivity index (χ4n) is 6.38. The summed E-state index contributed by atoms with van der Waals surface area (Å²) in [7, 11) is 0. The van der Waals surface area contributed by atoms with Crippen molar-refractivity contribution in [2.24, 2.45) is 30.7 Å². The Bertz CT molecular complexity index is 1650. The topological polar surface area (TPSA) is 469 Å². The first-order valence-corrected chi connectivity index (χ1v) is 15.8. The number of aliphatic hydroxyl groups is 6. The molecule has 0 bridgehead atoms. The van der Waals surface area contributed by atoms with Crippen LogP contribution in [0, 0.1) is 0 Å². The monoisotopic (exact) mass is 790 g/mol. The van der Waals surface area contributed by atoms with Crippen LogP contribution in [0.4, 0.5) is 8.78 Å². The molecule has 0 spiro atoms. The van der Waals surface area contributed by atoms with Crippen molar-refractivity contribution in [3.05, 3.63) is 62.7 Å². The van der Waals surface area contributed by atoms with Crippen LogP contribution in [0.5, 0.6) is 0 Å². The van der Waals surface area contributed by atoms with Gasteiger partial charge >= 0.3 is 0 Å². The Morgan fingerprint density at radius 1 is 0.582 bits per heavy atom. The molecular weight excluding hydrogens is 758 g/mol. The SMILES string of the molecule is [N-]=[N+]=NC[C@@H]1OC(OC2[C@@H](O)[C@H](O[C@@H]3[C@@H](O)[C@H](N=[N+]=[N-])C[C@H](N=[N+]=[N-])[C@H]3O[C@H]3O[C@H](CN=[N+]=[N-])C(F)(F)[C@H](O)[C@H]3N=[N+]=[N-])O[C@@H]2CO)[C@H](N=[N+]=[N-])[C@@H](O)[C@@H]1O. The molecule has 0 radical (unpaired) electrons. The molecule has 4 rings (SSSR count). The van der Waals surface area contributed by atoms with Gasteiger partial charge in [0.25, 0.3) is 5.92 Å². The van der Waals surface area contributed by atoms with Crippen LogP contribution in [0.1, 0.15) is 6.42 Å². The highest BCUT2D eigenvalue weighted by Crippen LogP contribution is 2.41. The number of aliphatic hydroxyl groups excluding tert-OH is 6. The molecule has 3 heterocycles. The molecule has 4 fully saturated rings. The summed E-state index contributed by atoms with van der Waals surface area (Å²) >= 11 is 0. The predicted molar refractivity (Wildman–Crippen MR) is 167 cm³/mol. The van der Waals surface area contributed by atoms with Gasteiger partial charge < -0.3 is 59.1 Å². The third kappa shape index (κ3) is 9.21. The molecule has 1 aliphatic carbocycles. The standard InChI is InChI=1S/C23H32F2N18O12/c24-23(25)9(3-33-39-27)52-21(11(19(23)49)37-43-31)53-16-6(35-41-29)1-5(34-40-28)12(45)18(16)55-22-15(48)17(8(4-44)51-22)54-20-10(36-42-30)14(47)13(46)7(50-20)2-32-38-26/h5-22,44-49H,1-4H2/t5-,6+,7+,8-,9-,10-,11-,12+,13-,14-,15-,16-,17?,18-,19-,20?,21-,22+/m1/s1. The number of azide groups is 6. The maximum Gasteiger partial charge on any atom is 0.299 e. The molecule has 1 saturated carbocycles. The highest BCUT2D eigenvalue weighted by atomic mass is 19.3. The first-order valence-electron chi connectivity index (χ1n) is 15.8. The normalized spacial score (nSPS) is 42.1. The molecule has 55 heavy (non-hydrogen) atoms. The molecule has 6 N–H and O–H groups in total. The van der Waals surface area contributed by atoms with Crippen molar-refractivity contribution in [1.29, 1.82) is 0 Å². The molecule has 3 aliphatic heterocycles. The average molecular weight is 791 g/mol. The number of rotatable bonds is 15. The summed E-state index contributed by atoms with van der Waals surface area (Å²) in [6.07, 6.45) is -27.6. The smallest absolute Gasteiger partial charge is 0.299 e. The van der Waals surface area contributed by atoms with E-state index in [1.165, 1.54) is 0 Å².